The predicted octanol–water partition coefficient (Wildman–Crippen LogP) is 4.08. The van der Waals surface area contributed by atoms with Crippen molar-refractivity contribution in [3.63, 3.8) is 0 Å². The van der Waals surface area contributed by atoms with Gasteiger partial charge in [-0.3, -0.25) is 0 Å². The Morgan fingerprint density at radius 3 is 2.63 bits per heavy atom. The first-order chi connectivity index (χ1) is 9.16. The van der Waals surface area contributed by atoms with Crippen LogP contribution in [0.2, 0.25) is 0 Å². The summed E-state index contributed by atoms with van der Waals surface area (Å²) in [6.07, 6.45) is 1.72. The average Bonchev–Trinajstić information content (AvgIpc) is 2.77. The molecule has 1 N–H and O–H groups in total. The highest BCUT2D eigenvalue weighted by molar-refractivity contribution is 7.81. The first kappa shape index (κ1) is 12.3. The number of benzene rings is 1. The summed E-state index contributed by atoms with van der Waals surface area (Å²) in [5.41, 5.74) is 2.14. The second kappa shape index (κ2) is 4.72. The Morgan fingerprint density at radius 2 is 1.95 bits per heavy atom. The lowest BCUT2D eigenvalue weighted by atomic mass is 10.1. The maximum atomic E-state index is 10.3. The van der Waals surface area contributed by atoms with Crippen molar-refractivity contribution in [1.82, 2.24) is 4.98 Å². The van der Waals surface area contributed by atoms with E-state index in [4.69, 9.17) is 12.2 Å². The molecular formula is C15H11NOS2. The van der Waals surface area contributed by atoms with Gasteiger partial charge in [-0.2, -0.15) is 0 Å². The molecule has 3 rings (SSSR count). The monoisotopic (exact) mass is 285 g/mol. The van der Waals surface area contributed by atoms with Crippen LogP contribution in [-0.2, 0) is 0 Å². The number of thiophene rings is 1. The van der Waals surface area contributed by atoms with Gasteiger partial charge in [0.1, 0.15) is 10.6 Å². The van der Waals surface area contributed by atoms with Gasteiger partial charge in [0.25, 0.3) is 0 Å². The fourth-order valence-corrected chi connectivity index (χ4v) is 3.27. The Balaban J connectivity index is 2.11. The molecule has 0 radical (unpaired) electrons. The summed E-state index contributed by atoms with van der Waals surface area (Å²) in [4.78, 5) is 6.44. The van der Waals surface area contributed by atoms with Crippen molar-refractivity contribution in [2.75, 3.05) is 0 Å². The van der Waals surface area contributed by atoms with Crippen LogP contribution >= 0.6 is 23.6 Å². The third-order valence-electron chi connectivity index (χ3n) is 2.96. The van der Waals surface area contributed by atoms with E-state index in [1.165, 1.54) is 16.9 Å². The van der Waals surface area contributed by atoms with Gasteiger partial charge in [-0.1, -0.05) is 42.0 Å². The summed E-state index contributed by atoms with van der Waals surface area (Å²) in [6.45, 7) is 2.04. The Kier molecular flexibility index (Phi) is 3.05. The van der Waals surface area contributed by atoms with Crippen LogP contribution in [0.1, 0.15) is 16.0 Å². The zero-order valence-corrected chi connectivity index (χ0v) is 11.9. The van der Waals surface area contributed by atoms with E-state index >= 15 is 0 Å². The van der Waals surface area contributed by atoms with Crippen LogP contribution in [0.3, 0.4) is 0 Å². The summed E-state index contributed by atoms with van der Waals surface area (Å²) in [5, 5.41) is 11.0. The van der Waals surface area contributed by atoms with Crippen LogP contribution in [0.4, 0.5) is 0 Å². The summed E-state index contributed by atoms with van der Waals surface area (Å²) in [5.74, 6) is 0.235. The molecular weight excluding hydrogens is 274 g/mol. The lowest BCUT2D eigenvalue weighted by Crippen LogP contribution is -1.96. The average molecular weight is 285 g/mol. The van der Waals surface area contributed by atoms with E-state index in [0.29, 0.717) is 9.74 Å². The number of rotatable bonds is 2. The highest BCUT2D eigenvalue weighted by atomic mass is 32.1. The number of thiocarbonyl (C=S) groups is 1. The van der Waals surface area contributed by atoms with Gasteiger partial charge in [-0.15, -0.1) is 11.3 Å². The Labute approximate surface area is 120 Å². The quantitative estimate of drug-likeness (QED) is 0.569. The van der Waals surface area contributed by atoms with Crippen LogP contribution in [0.15, 0.2) is 42.6 Å². The first-order valence-electron chi connectivity index (χ1n) is 5.84. The van der Waals surface area contributed by atoms with Crippen LogP contribution in [0.5, 0.6) is 5.75 Å². The van der Waals surface area contributed by atoms with Gasteiger partial charge in [-0.25, -0.2) is 4.98 Å². The third-order valence-corrected chi connectivity index (χ3v) is 4.65. The molecule has 0 aliphatic rings. The zero-order chi connectivity index (χ0) is 13.4. The molecule has 0 fully saturated rings. The van der Waals surface area contributed by atoms with Crippen molar-refractivity contribution in [3.05, 3.63) is 58.6 Å². The lowest BCUT2D eigenvalue weighted by Gasteiger charge is -2.02. The number of hydrogen-bond donors (Lipinski definition) is 1. The van der Waals surface area contributed by atoms with Gasteiger partial charge in [0.2, 0.25) is 0 Å². The molecule has 2 nitrogen and oxygen atoms in total. The van der Waals surface area contributed by atoms with Gasteiger partial charge in [0.05, 0.1) is 15.1 Å². The van der Waals surface area contributed by atoms with Crippen molar-refractivity contribution in [2.45, 2.75) is 6.92 Å². The van der Waals surface area contributed by atoms with E-state index in [2.05, 4.69) is 4.98 Å². The number of aromatic nitrogens is 1. The molecule has 0 spiro atoms. The number of nitrogens with zero attached hydrogens (tertiary/aromatic N) is 1. The minimum absolute atomic E-state index is 0.235. The van der Waals surface area contributed by atoms with E-state index in [0.717, 1.165) is 15.8 Å². The summed E-state index contributed by atoms with van der Waals surface area (Å²) in [6, 6.07) is 11.7. The van der Waals surface area contributed by atoms with E-state index in [9.17, 15) is 5.11 Å². The molecule has 3 aromatic rings. The molecule has 0 saturated heterocycles. The second-order valence-corrected chi connectivity index (χ2v) is 5.74. The minimum Gasteiger partial charge on any atom is -0.506 e. The van der Waals surface area contributed by atoms with E-state index in [1.54, 1.807) is 6.20 Å². The van der Waals surface area contributed by atoms with Crippen LogP contribution in [-0.4, -0.2) is 15.0 Å². The van der Waals surface area contributed by atoms with E-state index < -0.39 is 0 Å². The highest BCUT2D eigenvalue weighted by Gasteiger charge is 2.16. The van der Waals surface area contributed by atoms with Crippen molar-refractivity contribution < 1.29 is 5.11 Å². The zero-order valence-electron chi connectivity index (χ0n) is 10.3. The topological polar surface area (TPSA) is 33.1 Å². The number of aryl methyl sites for hydroxylation is 1. The molecule has 0 saturated carbocycles. The van der Waals surface area contributed by atoms with Crippen LogP contribution < -0.4 is 0 Å². The molecule has 2 aromatic heterocycles. The minimum atomic E-state index is 0.235. The van der Waals surface area contributed by atoms with Crippen molar-refractivity contribution >= 4 is 38.6 Å². The number of pyridine rings is 1. The summed E-state index contributed by atoms with van der Waals surface area (Å²) in [7, 11) is 0. The fraction of sp³-hybridized carbons (Fsp3) is 0.0667. The molecule has 94 valence electrons. The van der Waals surface area contributed by atoms with E-state index in [-0.39, 0.29) is 5.75 Å². The Morgan fingerprint density at radius 1 is 1.21 bits per heavy atom. The van der Waals surface area contributed by atoms with Crippen LogP contribution in [0, 0.1) is 6.92 Å². The first-order valence-corrected chi connectivity index (χ1v) is 7.07. The Bertz CT molecular complexity index is 759. The maximum absolute atomic E-state index is 10.3. The Hall–Kier alpha value is -1.78. The molecule has 0 aliphatic heterocycles. The highest BCUT2D eigenvalue weighted by Crippen LogP contribution is 2.37. The summed E-state index contributed by atoms with van der Waals surface area (Å²) < 4.78 is 0. The van der Waals surface area contributed by atoms with Gasteiger partial charge >= 0.3 is 0 Å². The standard InChI is InChI=1S/C15H11NOS2/c1-9-4-6-10(7-5-9)13(18)14-12(17)11-3-2-8-16-15(11)19-14/h2-8,17H,1H3. The molecule has 4 heteroatoms. The van der Waals surface area contributed by atoms with Crippen molar-refractivity contribution in [3.8, 4) is 5.75 Å². The van der Waals surface area contributed by atoms with Crippen molar-refractivity contribution in [2.24, 2.45) is 0 Å². The van der Waals surface area contributed by atoms with E-state index in [1.807, 2.05) is 43.3 Å². The largest absolute Gasteiger partial charge is 0.506 e. The molecule has 0 aliphatic carbocycles. The normalized spacial score (nSPS) is 10.8. The molecule has 0 bridgehead atoms. The molecule has 0 atom stereocenters. The second-order valence-electron chi connectivity index (χ2n) is 4.33. The smallest absolute Gasteiger partial charge is 0.144 e. The predicted molar refractivity (Wildman–Crippen MR) is 83.3 cm³/mol. The lowest BCUT2D eigenvalue weighted by molar-refractivity contribution is 0.483. The maximum Gasteiger partial charge on any atom is 0.144 e. The molecule has 1 aromatic carbocycles. The SMILES string of the molecule is Cc1ccc(C(=S)c2sc3ncccc3c2O)cc1. The molecule has 0 amide bonds. The van der Waals surface area contributed by atoms with Gasteiger partial charge in [0.15, 0.2) is 0 Å². The summed E-state index contributed by atoms with van der Waals surface area (Å²) >= 11 is 6.91. The number of hydrogen-bond acceptors (Lipinski definition) is 4. The number of aromatic hydroxyl groups is 1. The van der Waals surface area contributed by atoms with Crippen LogP contribution in [0.25, 0.3) is 10.2 Å². The van der Waals surface area contributed by atoms with Gasteiger partial charge in [-0.05, 0) is 24.6 Å². The third kappa shape index (κ3) is 2.13. The van der Waals surface area contributed by atoms with Gasteiger partial charge < -0.3 is 5.11 Å². The van der Waals surface area contributed by atoms with Crippen molar-refractivity contribution in [1.29, 1.82) is 0 Å². The molecule has 19 heavy (non-hydrogen) atoms. The molecule has 2 heterocycles. The fourth-order valence-electron chi connectivity index (χ4n) is 1.91. The molecule has 0 unspecified atom stereocenters. The van der Waals surface area contributed by atoms with Gasteiger partial charge in [0, 0.05) is 6.20 Å². The number of fused-ring (bicyclic) bond motifs is 1.